The largest absolute Gasteiger partial charge is 0.416 e. The van der Waals surface area contributed by atoms with Gasteiger partial charge in [-0.25, -0.2) is 4.68 Å². The number of alkyl halides is 6. The Labute approximate surface area is 184 Å². The van der Waals surface area contributed by atoms with Gasteiger partial charge in [0.1, 0.15) is 6.10 Å². The molecule has 0 saturated carbocycles. The molecule has 0 bridgehead atoms. The van der Waals surface area contributed by atoms with Gasteiger partial charge in [0.15, 0.2) is 10.8 Å². The number of aromatic nitrogens is 3. The van der Waals surface area contributed by atoms with E-state index in [0.29, 0.717) is 12.1 Å². The van der Waals surface area contributed by atoms with Crippen LogP contribution in [0.1, 0.15) is 54.9 Å². The minimum Gasteiger partial charge on any atom is -0.360 e. The highest BCUT2D eigenvalue weighted by atomic mass is 35.5. The summed E-state index contributed by atoms with van der Waals surface area (Å²) in [6, 6.07) is 1.10. The molecule has 0 aliphatic heterocycles. The molecule has 0 amide bonds. The maximum Gasteiger partial charge on any atom is 0.416 e. The van der Waals surface area contributed by atoms with E-state index < -0.39 is 47.5 Å². The molecular weight excluding hydrogens is 464 g/mol. The second-order valence-electron chi connectivity index (χ2n) is 7.77. The van der Waals surface area contributed by atoms with Crippen molar-refractivity contribution in [2.24, 2.45) is 0 Å². The zero-order chi connectivity index (χ0) is 24.5. The lowest BCUT2D eigenvalue weighted by Gasteiger charge is -2.21. The number of hydrogen-bond donors (Lipinski definition) is 0. The zero-order valence-corrected chi connectivity index (χ0v) is 18.1. The SMILES string of the molecule is CC(C#CC(=O)c1nnn(Cc2cc(C(F)(F)F)cc(C(F)(F)F)c2)c1Cl)OC(C)(C)C. The van der Waals surface area contributed by atoms with Crippen molar-refractivity contribution < 1.29 is 35.9 Å². The van der Waals surface area contributed by atoms with Gasteiger partial charge in [0.2, 0.25) is 0 Å². The minimum atomic E-state index is -5.00. The van der Waals surface area contributed by atoms with Crippen LogP contribution in [-0.2, 0) is 23.6 Å². The number of ether oxygens (including phenoxy) is 1. The Kier molecular flexibility index (Phi) is 7.31. The van der Waals surface area contributed by atoms with Crippen molar-refractivity contribution in [2.75, 3.05) is 0 Å². The summed E-state index contributed by atoms with van der Waals surface area (Å²) in [5.41, 5.74) is -4.22. The Morgan fingerprint density at radius 3 is 2.09 bits per heavy atom. The first kappa shape index (κ1) is 25.7. The molecule has 32 heavy (non-hydrogen) atoms. The third-order valence-electron chi connectivity index (χ3n) is 3.79. The molecule has 2 aromatic rings. The molecule has 1 atom stereocenters. The van der Waals surface area contributed by atoms with Crippen LogP contribution in [0.4, 0.5) is 26.3 Å². The maximum atomic E-state index is 13.0. The summed E-state index contributed by atoms with van der Waals surface area (Å²) in [5, 5.41) is 6.73. The first-order valence-electron chi connectivity index (χ1n) is 9.08. The molecule has 1 unspecified atom stereocenters. The summed E-state index contributed by atoms with van der Waals surface area (Å²) in [6.45, 7) is 6.44. The highest BCUT2D eigenvalue weighted by Crippen LogP contribution is 2.36. The topological polar surface area (TPSA) is 57.0 Å². The van der Waals surface area contributed by atoms with Gasteiger partial charge in [0, 0.05) is 0 Å². The van der Waals surface area contributed by atoms with Gasteiger partial charge in [-0.05, 0) is 57.4 Å². The molecule has 0 fully saturated rings. The first-order valence-corrected chi connectivity index (χ1v) is 9.46. The fraction of sp³-hybridized carbons (Fsp3) is 0.450. The average Bonchev–Trinajstić information content (AvgIpc) is 2.97. The lowest BCUT2D eigenvalue weighted by molar-refractivity contribution is -0.143. The number of hydrogen-bond acceptors (Lipinski definition) is 4. The zero-order valence-electron chi connectivity index (χ0n) is 17.3. The minimum absolute atomic E-state index is 0.0117. The fourth-order valence-corrected chi connectivity index (χ4v) is 2.83. The monoisotopic (exact) mass is 481 g/mol. The molecule has 5 nitrogen and oxygen atoms in total. The van der Waals surface area contributed by atoms with Crippen LogP contribution in [0.5, 0.6) is 0 Å². The van der Waals surface area contributed by atoms with Crippen molar-refractivity contribution in [1.82, 2.24) is 15.0 Å². The number of carbonyl (C=O) groups excluding carboxylic acids is 1. The summed E-state index contributed by atoms with van der Waals surface area (Å²) >= 11 is 6.02. The summed E-state index contributed by atoms with van der Waals surface area (Å²) < 4.78 is 84.5. The predicted molar refractivity (Wildman–Crippen MR) is 103 cm³/mol. The quantitative estimate of drug-likeness (QED) is 0.254. The van der Waals surface area contributed by atoms with Crippen LogP contribution in [0.25, 0.3) is 0 Å². The average molecular weight is 482 g/mol. The lowest BCUT2D eigenvalue weighted by Crippen LogP contribution is -2.24. The Bertz CT molecular complexity index is 1030. The molecule has 1 heterocycles. The first-order chi connectivity index (χ1) is 14.5. The smallest absolute Gasteiger partial charge is 0.360 e. The highest BCUT2D eigenvalue weighted by molar-refractivity contribution is 6.33. The maximum absolute atomic E-state index is 13.0. The van der Waals surface area contributed by atoms with Crippen LogP contribution in [0.2, 0.25) is 5.15 Å². The van der Waals surface area contributed by atoms with Crippen LogP contribution in [0.15, 0.2) is 18.2 Å². The second-order valence-corrected chi connectivity index (χ2v) is 8.13. The van der Waals surface area contributed by atoms with E-state index in [-0.39, 0.29) is 22.5 Å². The molecule has 174 valence electrons. The van der Waals surface area contributed by atoms with E-state index in [9.17, 15) is 31.1 Å². The molecule has 2 rings (SSSR count). The van der Waals surface area contributed by atoms with Gasteiger partial charge in [-0.3, -0.25) is 4.79 Å². The van der Waals surface area contributed by atoms with E-state index in [0.717, 1.165) is 4.68 Å². The summed E-state index contributed by atoms with van der Waals surface area (Å²) in [5.74, 6) is 4.02. The van der Waals surface area contributed by atoms with Crippen LogP contribution in [-0.4, -0.2) is 32.5 Å². The Morgan fingerprint density at radius 1 is 1.09 bits per heavy atom. The Balaban J connectivity index is 2.31. The summed E-state index contributed by atoms with van der Waals surface area (Å²) in [7, 11) is 0. The fourth-order valence-electron chi connectivity index (χ4n) is 2.61. The van der Waals surface area contributed by atoms with Gasteiger partial charge >= 0.3 is 12.4 Å². The van der Waals surface area contributed by atoms with Crippen molar-refractivity contribution in [2.45, 2.75) is 58.3 Å². The van der Waals surface area contributed by atoms with Crippen molar-refractivity contribution in [3.05, 3.63) is 45.7 Å². The van der Waals surface area contributed by atoms with E-state index in [1.165, 1.54) is 0 Å². The molecule has 1 aromatic carbocycles. The van der Waals surface area contributed by atoms with E-state index in [2.05, 4.69) is 22.2 Å². The summed E-state index contributed by atoms with van der Waals surface area (Å²) in [6.07, 6.45) is -10.6. The molecule has 0 aliphatic rings. The van der Waals surface area contributed by atoms with Crippen molar-refractivity contribution in [3.8, 4) is 11.8 Å². The Morgan fingerprint density at radius 2 is 1.62 bits per heavy atom. The van der Waals surface area contributed by atoms with E-state index in [4.69, 9.17) is 16.3 Å². The highest BCUT2D eigenvalue weighted by Gasteiger charge is 2.37. The van der Waals surface area contributed by atoms with E-state index >= 15 is 0 Å². The molecule has 0 N–H and O–H groups in total. The van der Waals surface area contributed by atoms with Crippen LogP contribution < -0.4 is 0 Å². The molecule has 0 spiro atoms. The molecular formula is C20H18ClF6N3O2. The number of nitrogens with zero attached hydrogens (tertiary/aromatic N) is 3. The molecule has 12 heteroatoms. The number of benzene rings is 1. The third kappa shape index (κ3) is 6.97. The standard InChI is InChI=1S/C20H18ClF6N3O2/c1-11(32-18(2,3)4)5-6-15(31)16-17(21)30(29-28-16)10-12-7-13(19(22,23)24)9-14(8-12)20(25,26)27/h7-9,11H,10H2,1-4H3. The van der Waals surface area contributed by atoms with Crippen LogP contribution in [0, 0.1) is 11.8 Å². The summed E-state index contributed by atoms with van der Waals surface area (Å²) in [4.78, 5) is 12.2. The molecule has 0 saturated heterocycles. The number of halogens is 7. The molecule has 0 radical (unpaired) electrons. The number of ketones is 1. The van der Waals surface area contributed by atoms with Crippen molar-refractivity contribution in [3.63, 3.8) is 0 Å². The van der Waals surface area contributed by atoms with Gasteiger partial charge in [0.25, 0.3) is 5.78 Å². The van der Waals surface area contributed by atoms with Gasteiger partial charge < -0.3 is 4.74 Å². The number of rotatable bonds is 4. The van der Waals surface area contributed by atoms with Crippen molar-refractivity contribution in [1.29, 1.82) is 0 Å². The van der Waals surface area contributed by atoms with E-state index in [1.807, 2.05) is 0 Å². The Hall–Kier alpha value is -2.58. The third-order valence-corrected chi connectivity index (χ3v) is 4.16. The van der Waals surface area contributed by atoms with Gasteiger partial charge in [-0.15, -0.1) is 5.10 Å². The van der Waals surface area contributed by atoms with E-state index in [1.54, 1.807) is 27.7 Å². The number of carbonyl (C=O) groups is 1. The van der Waals surface area contributed by atoms with Crippen LogP contribution in [0.3, 0.4) is 0 Å². The molecule has 0 aliphatic carbocycles. The molecule has 1 aromatic heterocycles. The van der Waals surface area contributed by atoms with Crippen molar-refractivity contribution >= 4 is 17.4 Å². The number of Topliss-reactive ketones (excluding diaryl/α,β-unsaturated/α-hetero) is 1. The van der Waals surface area contributed by atoms with Gasteiger partial charge in [0.05, 0.1) is 23.3 Å². The normalized spacial score (nSPS) is 13.5. The van der Waals surface area contributed by atoms with Crippen LogP contribution >= 0.6 is 11.6 Å². The lowest BCUT2D eigenvalue weighted by atomic mass is 10.0. The van der Waals surface area contributed by atoms with Gasteiger partial charge in [-0.1, -0.05) is 22.7 Å². The second kappa shape index (κ2) is 9.11. The van der Waals surface area contributed by atoms with Gasteiger partial charge in [-0.2, -0.15) is 26.3 Å². The predicted octanol–water partition coefficient (Wildman–Crippen LogP) is 5.41.